The maximum atomic E-state index is 12.6. The number of hydrogen-bond donors (Lipinski definition) is 2. The van der Waals surface area contributed by atoms with Gasteiger partial charge in [0.15, 0.2) is 0 Å². The molecule has 6 heteroatoms. The normalized spacial score (nSPS) is 18.2. The summed E-state index contributed by atoms with van der Waals surface area (Å²) in [5.74, 6) is 0.989. The van der Waals surface area contributed by atoms with Crippen LogP contribution in [0, 0.1) is 0 Å². The highest BCUT2D eigenvalue weighted by atomic mass is 16.2. The summed E-state index contributed by atoms with van der Waals surface area (Å²) in [5, 5.41) is 2.95. The molecule has 24 heavy (non-hydrogen) atoms. The fourth-order valence-corrected chi connectivity index (χ4v) is 3.08. The number of likely N-dealkylation sites (tertiary alicyclic amines) is 1. The van der Waals surface area contributed by atoms with Gasteiger partial charge in [0.05, 0.1) is 12.6 Å². The van der Waals surface area contributed by atoms with Gasteiger partial charge in [-0.15, -0.1) is 0 Å². The van der Waals surface area contributed by atoms with Gasteiger partial charge >= 0.3 is 0 Å². The molecule has 0 aliphatic carbocycles. The molecular weight excluding hydrogens is 302 g/mol. The molecule has 0 radical (unpaired) electrons. The molecule has 1 aliphatic heterocycles. The number of aromatic nitrogens is 2. The van der Waals surface area contributed by atoms with Crippen LogP contribution in [0.3, 0.4) is 0 Å². The Morgan fingerprint density at radius 2 is 2.08 bits per heavy atom. The van der Waals surface area contributed by atoms with Crippen molar-refractivity contribution in [3.8, 4) is 0 Å². The maximum Gasteiger partial charge on any atom is 0.237 e. The lowest BCUT2D eigenvalue weighted by Crippen LogP contribution is -2.48. The van der Waals surface area contributed by atoms with Gasteiger partial charge in [0.2, 0.25) is 5.91 Å². The third-order valence-electron chi connectivity index (χ3n) is 4.29. The number of nitrogens with zero attached hydrogens (tertiary/aromatic N) is 3. The van der Waals surface area contributed by atoms with Gasteiger partial charge in [-0.25, -0.2) is 9.97 Å². The molecule has 126 valence electrons. The lowest BCUT2D eigenvalue weighted by molar-refractivity contribution is -0.128. The summed E-state index contributed by atoms with van der Waals surface area (Å²) < 4.78 is 0. The van der Waals surface area contributed by atoms with Crippen molar-refractivity contribution >= 4 is 11.7 Å². The van der Waals surface area contributed by atoms with Gasteiger partial charge in [0, 0.05) is 12.7 Å². The zero-order valence-electron chi connectivity index (χ0n) is 13.7. The summed E-state index contributed by atoms with van der Waals surface area (Å²) in [4.78, 5) is 23.1. The average Bonchev–Trinajstić information content (AvgIpc) is 2.61. The fraction of sp³-hybridized carbons (Fsp3) is 0.389. The molecule has 1 aromatic heterocycles. The maximum absolute atomic E-state index is 12.6. The third kappa shape index (κ3) is 4.29. The first-order chi connectivity index (χ1) is 11.7. The highest BCUT2D eigenvalue weighted by molar-refractivity contribution is 5.81. The molecule has 1 amide bonds. The van der Waals surface area contributed by atoms with Gasteiger partial charge in [-0.05, 0) is 31.0 Å². The summed E-state index contributed by atoms with van der Waals surface area (Å²) >= 11 is 0. The molecule has 3 rings (SSSR count). The molecule has 1 aliphatic rings. The molecule has 1 unspecified atom stereocenters. The van der Waals surface area contributed by atoms with E-state index >= 15 is 0 Å². The molecule has 2 aromatic rings. The lowest BCUT2D eigenvalue weighted by Gasteiger charge is -2.34. The van der Waals surface area contributed by atoms with Crippen molar-refractivity contribution in [2.45, 2.75) is 38.4 Å². The van der Waals surface area contributed by atoms with Crippen LogP contribution in [0.15, 0.2) is 42.6 Å². The van der Waals surface area contributed by atoms with Gasteiger partial charge in [0.1, 0.15) is 11.6 Å². The smallest absolute Gasteiger partial charge is 0.237 e. The quantitative estimate of drug-likeness (QED) is 0.874. The first-order valence-corrected chi connectivity index (χ1v) is 8.35. The summed E-state index contributed by atoms with van der Waals surface area (Å²) in [6.45, 7) is 2.05. The van der Waals surface area contributed by atoms with Gasteiger partial charge in [0.25, 0.3) is 0 Å². The van der Waals surface area contributed by atoms with E-state index in [0.717, 1.165) is 32.4 Å². The topological polar surface area (TPSA) is 84.1 Å². The van der Waals surface area contributed by atoms with Crippen LogP contribution in [0.5, 0.6) is 0 Å². The van der Waals surface area contributed by atoms with E-state index in [1.54, 1.807) is 12.3 Å². The molecule has 6 nitrogen and oxygen atoms in total. The third-order valence-corrected chi connectivity index (χ3v) is 4.29. The molecule has 1 saturated heterocycles. The summed E-state index contributed by atoms with van der Waals surface area (Å²) in [7, 11) is 0. The predicted octanol–water partition coefficient (Wildman–Crippen LogP) is 1.73. The van der Waals surface area contributed by atoms with Crippen LogP contribution < -0.4 is 11.1 Å². The number of benzene rings is 1. The Morgan fingerprint density at radius 1 is 1.25 bits per heavy atom. The second kappa shape index (κ2) is 7.88. The minimum Gasteiger partial charge on any atom is -0.384 e. The van der Waals surface area contributed by atoms with Gasteiger partial charge in [-0.3, -0.25) is 9.69 Å². The van der Waals surface area contributed by atoms with Crippen LogP contribution in [0.4, 0.5) is 5.82 Å². The number of nitrogens with one attached hydrogen (secondary N) is 1. The summed E-state index contributed by atoms with van der Waals surface area (Å²) in [6, 6.07) is 11.8. The van der Waals surface area contributed by atoms with E-state index in [1.807, 2.05) is 18.2 Å². The molecule has 0 spiro atoms. The minimum absolute atomic E-state index is 0.0386. The Kier molecular flexibility index (Phi) is 5.38. The molecule has 0 saturated carbocycles. The SMILES string of the molecule is Nc1ccnc(CNC(=O)C2CCCCN2Cc2ccccc2)n1. The summed E-state index contributed by atoms with van der Waals surface area (Å²) in [5.41, 5.74) is 6.88. The van der Waals surface area contributed by atoms with Crippen molar-refractivity contribution in [3.05, 3.63) is 54.0 Å². The molecule has 2 heterocycles. The Balaban J connectivity index is 1.60. The number of nitrogen functional groups attached to an aromatic ring is 1. The van der Waals surface area contributed by atoms with Crippen molar-refractivity contribution in [3.63, 3.8) is 0 Å². The lowest BCUT2D eigenvalue weighted by atomic mass is 10.0. The van der Waals surface area contributed by atoms with Crippen LogP contribution in [0.2, 0.25) is 0 Å². The zero-order chi connectivity index (χ0) is 16.8. The molecule has 0 bridgehead atoms. The number of hydrogen-bond acceptors (Lipinski definition) is 5. The number of carbonyl (C=O) groups is 1. The Hall–Kier alpha value is -2.47. The second-order valence-corrected chi connectivity index (χ2v) is 6.08. The number of piperidine rings is 1. The van der Waals surface area contributed by atoms with Crippen molar-refractivity contribution < 1.29 is 4.79 Å². The van der Waals surface area contributed by atoms with E-state index in [2.05, 4.69) is 32.3 Å². The highest BCUT2D eigenvalue weighted by Crippen LogP contribution is 2.20. The predicted molar refractivity (Wildman–Crippen MR) is 92.8 cm³/mol. The number of amides is 1. The number of anilines is 1. The molecule has 3 N–H and O–H groups in total. The number of rotatable bonds is 5. The van der Waals surface area contributed by atoms with Crippen LogP contribution >= 0.6 is 0 Å². The van der Waals surface area contributed by atoms with Crippen molar-refractivity contribution in [2.75, 3.05) is 12.3 Å². The van der Waals surface area contributed by atoms with Crippen LogP contribution in [0.25, 0.3) is 0 Å². The van der Waals surface area contributed by atoms with Gasteiger partial charge in [-0.1, -0.05) is 36.8 Å². The molecule has 1 atom stereocenters. The van der Waals surface area contributed by atoms with Crippen LogP contribution in [-0.4, -0.2) is 33.4 Å². The van der Waals surface area contributed by atoms with E-state index < -0.39 is 0 Å². The van der Waals surface area contributed by atoms with E-state index in [4.69, 9.17) is 5.73 Å². The van der Waals surface area contributed by atoms with Crippen molar-refractivity contribution in [1.82, 2.24) is 20.2 Å². The average molecular weight is 325 g/mol. The van der Waals surface area contributed by atoms with Crippen molar-refractivity contribution in [2.24, 2.45) is 0 Å². The first kappa shape index (κ1) is 16.4. The molecule has 1 aromatic carbocycles. The van der Waals surface area contributed by atoms with Crippen molar-refractivity contribution in [1.29, 1.82) is 0 Å². The largest absolute Gasteiger partial charge is 0.384 e. The Labute approximate surface area is 142 Å². The van der Waals surface area contributed by atoms with Crippen LogP contribution in [-0.2, 0) is 17.9 Å². The van der Waals surface area contributed by atoms with E-state index in [1.165, 1.54) is 5.56 Å². The first-order valence-electron chi connectivity index (χ1n) is 8.35. The Bertz CT molecular complexity index is 676. The number of nitrogens with two attached hydrogens (primary N) is 1. The fourth-order valence-electron chi connectivity index (χ4n) is 3.08. The van der Waals surface area contributed by atoms with Gasteiger partial charge < -0.3 is 11.1 Å². The standard InChI is InChI=1S/C18H23N5O/c19-16-9-10-20-17(22-16)12-21-18(24)15-8-4-5-11-23(15)13-14-6-2-1-3-7-14/h1-3,6-7,9-10,15H,4-5,8,11-13H2,(H,21,24)(H2,19,20,22). The highest BCUT2D eigenvalue weighted by Gasteiger charge is 2.28. The van der Waals surface area contributed by atoms with Crippen LogP contribution in [0.1, 0.15) is 30.7 Å². The second-order valence-electron chi connectivity index (χ2n) is 6.08. The molecule has 1 fully saturated rings. The Morgan fingerprint density at radius 3 is 2.88 bits per heavy atom. The van der Waals surface area contributed by atoms with E-state index in [-0.39, 0.29) is 11.9 Å². The minimum atomic E-state index is -0.0972. The number of carbonyl (C=O) groups excluding carboxylic acids is 1. The zero-order valence-corrected chi connectivity index (χ0v) is 13.7. The van der Waals surface area contributed by atoms with E-state index in [0.29, 0.717) is 18.2 Å². The van der Waals surface area contributed by atoms with Gasteiger partial charge in [-0.2, -0.15) is 0 Å². The molecular formula is C18H23N5O. The summed E-state index contributed by atoms with van der Waals surface area (Å²) in [6.07, 6.45) is 4.70. The monoisotopic (exact) mass is 325 g/mol. The van der Waals surface area contributed by atoms with E-state index in [9.17, 15) is 4.79 Å².